The second-order valence-corrected chi connectivity index (χ2v) is 5.54. The fraction of sp³-hybridized carbons (Fsp3) is 0.278. The van der Waals surface area contributed by atoms with Crippen molar-refractivity contribution >= 4 is 5.91 Å². The predicted octanol–water partition coefficient (Wildman–Crippen LogP) is 2.74. The van der Waals surface area contributed by atoms with Gasteiger partial charge in [0, 0.05) is 24.0 Å². The number of carbonyl (C=O) groups excluding carboxylic acids is 1. The molecule has 0 saturated carbocycles. The van der Waals surface area contributed by atoms with E-state index in [0.29, 0.717) is 18.5 Å². The summed E-state index contributed by atoms with van der Waals surface area (Å²) in [6.07, 6.45) is 4.23. The Hall–Kier alpha value is -2.67. The number of fused-ring (bicyclic) bond motifs is 1. The number of benzene rings is 1. The van der Waals surface area contributed by atoms with E-state index in [1.807, 2.05) is 24.3 Å². The van der Waals surface area contributed by atoms with E-state index in [0.717, 1.165) is 40.8 Å². The van der Waals surface area contributed by atoms with Crippen LogP contribution >= 0.6 is 0 Å². The average molecular weight is 291 g/mol. The Bertz CT molecular complexity index is 774. The lowest BCUT2D eigenvalue weighted by Crippen LogP contribution is -2.12. The minimum absolute atomic E-state index is 0.00506. The highest BCUT2D eigenvalue weighted by Crippen LogP contribution is 2.21. The lowest BCUT2D eigenvalue weighted by Gasteiger charge is -2.09. The van der Waals surface area contributed by atoms with Crippen LogP contribution in [0.4, 0.5) is 0 Å². The van der Waals surface area contributed by atoms with Crippen molar-refractivity contribution in [3.8, 4) is 6.07 Å². The van der Waals surface area contributed by atoms with E-state index in [9.17, 15) is 4.79 Å². The molecule has 0 fully saturated rings. The first-order valence-corrected chi connectivity index (χ1v) is 7.49. The standard InChI is InChI=1S/C18H17N3O/c1-2-3-17-15(7-13(9-19)10-20-17)6-12-4-5-14-11-21-18(22)16(14)8-12/h4-5,7-8,10H,2-3,6,11H2,1H3,(H,21,22). The normalized spacial score (nSPS) is 12.6. The van der Waals surface area contributed by atoms with Crippen LogP contribution in [-0.4, -0.2) is 10.9 Å². The second-order valence-electron chi connectivity index (χ2n) is 5.54. The Morgan fingerprint density at radius 1 is 1.36 bits per heavy atom. The summed E-state index contributed by atoms with van der Waals surface area (Å²) in [7, 11) is 0. The maximum atomic E-state index is 11.8. The van der Waals surface area contributed by atoms with Gasteiger partial charge in [0.15, 0.2) is 0 Å². The molecule has 0 atom stereocenters. The van der Waals surface area contributed by atoms with Crippen LogP contribution in [-0.2, 0) is 19.4 Å². The molecule has 1 amide bonds. The third kappa shape index (κ3) is 2.71. The molecular weight excluding hydrogens is 274 g/mol. The fourth-order valence-corrected chi connectivity index (χ4v) is 2.80. The number of hydrogen-bond donors (Lipinski definition) is 1. The fourth-order valence-electron chi connectivity index (χ4n) is 2.80. The highest BCUT2D eigenvalue weighted by Gasteiger charge is 2.19. The van der Waals surface area contributed by atoms with Crippen LogP contribution in [0.15, 0.2) is 30.5 Å². The maximum Gasteiger partial charge on any atom is 0.251 e. The number of carbonyl (C=O) groups is 1. The average Bonchev–Trinajstić information content (AvgIpc) is 2.90. The van der Waals surface area contributed by atoms with E-state index in [-0.39, 0.29) is 5.91 Å². The summed E-state index contributed by atoms with van der Waals surface area (Å²) >= 11 is 0. The summed E-state index contributed by atoms with van der Waals surface area (Å²) in [5.74, 6) is -0.00506. The van der Waals surface area contributed by atoms with Gasteiger partial charge in [-0.1, -0.05) is 25.5 Å². The first kappa shape index (κ1) is 14.3. The van der Waals surface area contributed by atoms with E-state index >= 15 is 0 Å². The minimum atomic E-state index is -0.00506. The van der Waals surface area contributed by atoms with Crippen LogP contribution in [0.1, 0.15) is 51.7 Å². The molecule has 1 aromatic carbocycles. The zero-order valence-corrected chi connectivity index (χ0v) is 12.5. The van der Waals surface area contributed by atoms with Crippen LogP contribution in [0.5, 0.6) is 0 Å². The molecule has 0 aliphatic carbocycles. The van der Waals surface area contributed by atoms with Crippen molar-refractivity contribution in [3.63, 3.8) is 0 Å². The summed E-state index contributed by atoms with van der Waals surface area (Å²) in [4.78, 5) is 16.2. The van der Waals surface area contributed by atoms with E-state index in [1.165, 1.54) is 0 Å². The maximum absolute atomic E-state index is 11.8. The quantitative estimate of drug-likeness (QED) is 0.942. The van der Waals surface area contributed by atoms with Crippen LogP contribution in [0.3, 0.4) is 0 Å². The molecule has 0 spiro atoms. The molecule has 1 aromatic heterocycles. The Balaban J connectivity index is 1.94. The number of hydrogen-bond acceptors (Lipinski definition) is 3. The number of aryl methyl sites for hydroxylation is 1. The molecule has 3 rings (SSSR count). The SMILES string of the molecule is CCCc1ncc(C#N)cc1Cc1ccc2c(c1)C(=O)NC2. The van der Waals surface area contributed by atoms with Gasteiger partial charge < -0.3 is 5.32 Å². The summed E-state index contributed by atoms with van der Waals surface area (Å²) in [6, 6.07) is 10.1. The summed E-state index contributed by atoms with van der Waals surface area (Å²) < 4.78 is 0. The van der Waals surface area contributed by atoms with Crippen molar-refractivity contribution in [2.45, 2.75) is 32.7 Å². The topological polar surface area (TPSA) is 65.8 Å². The summed E-state index contributed by atoms with van der Waals surface area (Å²) in [5.41, 5.74) is 5.56. The van der Waals surface area contributed by atoms with Gasteiger partial charge in [-0.25, -0.2) is 0 Å². The van der Waals surface area contributed by atoms with Gasteiger partial charge in [-0.2, -0.15) is 5.26 Å². The number of nitrogens with one attached hydrogen (secondary N) is 1. The Kier molecular flexibility index (Phi) is 3.88. The Morgan fingerprint density at radius 2 is 2.23 bits per heavy atom. The number of rotatable bonds is 4. The third-order valence-electron chi connectivity index (χ3n) is 3.93. The largest absolute Gasteiger partial charge is 0.348 e. The molecular formula is C18H17N3O. The highest BCUT2D eigenvalue weighted by molar-refractivity contribution is 5.98. The molecule has 4 nitrogen and oxygen atoms in total. The van der Waals surface area contributed by atoms with Gasteiger partial charge in [0.2, 0.25) is 0 Å². The van der Waals surface area contributed by atoms with Crippen LogP contribution in [0, 0.1) is 11.3 Å². The number of aromatic nitrogens is 1. The first-order chi connectivity index (χ1) is 10.7. The molecule has 22 heavy (non-hydrogen) atoms. The molecule has 1 aliphatic heterocycles. The zero-order valence-electron chi connectivity index (χ0n) is 12.5. The summed E-state index contributed by atoms with van der Waals surface area (Å²) in [6.45, 7) is 2.73. The van der Waals surface area contributed by atoms with Crippen molar-refractivity contribution in [3.05, 3.63) is 64.0 Å². The van der Waals surface area contributed by atoms with Gasteiger partial charge in [-0.05, 0) is 41.7 Å². The molecule has 0 radical (unpaired) electrons. The minimum Gasteiger partial charge on any atom is -0.348 e. The number of pyridine rings is 1. The molecule has 2 aromatic rings. The Morgan fingerprint density at radius 3 is 3.00 bits per heavy atom. The van der Waals surface area contributed by atoms with E-state index in [4.69, 9.17) is 5.26 Å². The van der Waals surface area contributed by atoms with Crippen LogP contribution in [0.25, 0.3) is 0 Å². The van der Waals surface area contributed by atoms with E-state index in [1.54, 1.807) is 6.20 Å². The molecule has 2 heterocycles. The van der Waals surface area contributed by atoms with E-state index in [2.05, 4.69) is 23.3 Å². The van der Waals surface area contributed by atoms with Crippen molar-refractivity contribution in [2.24, 2.45) is 0 Å². The lowest BCUT2D eigenvalue weighted by atomic mass is 9.97. The van der Waals surface area contributed by atoms with Gasteiger partial charge in [0.25, 0.3) is 5.91 Å². The van der Waals surface area contributed by atoms with Crippen molar-refractivity contribution in [1.82, 2.24) is 10.3 Å². The molecule has 110 valence electrons. The molecule has 0 saturated heterocycles. The van der Waals surface area contributed by atoms with Crippen LogP contribution < -0.4 is 5.32 Å². The second kappa shape index (κ2) is 5.98. The monoisotopic (exact) mass is 291 g/mol. The van der Waals surface area contributed by atoms with Crippen LogP contribution in [0.2, 0.25) is 0 Å². The third-order valence-corrected chi connectivity index (χ3v) is 3.93. The molecule has 1 N–H and O–H groups in total. The number of nitrogens with zero attached hydrogens (tertiary/aromatic N) is 2. The van der Waals surface area contributed by atoms with Gasteiger partial charge in [0.05, 0.1) is 5.56 Å². The van der Waals surface area contributed by atoms with Crippen molar-refractivity contribution in [2.75, 3.05) is 0 Å². The van der Waals surface area contributed by atoms with Gasteiger partial charge in [-0.15, -0.1) is 0 Å². The first-order valence-electron chi connectivity index (χ1n) is 7.49. The lowest BCUT2D eigenvalue weighted by molar-refractivity contribution is 0.0965. The highest BCUT2D eigenvalue weighted by atomic mass is 16.1. The molecule has 4 heteroatoms. The zero-order chi connectivity index (χ0) is 15.5. The van der Waals surface area contributed by atoms with Crippen molar-refractivity contribution in [1.29, 1.82) is 5.26 Å². The molecule has 1 aliphatic rings. The van der Waals surface area contributed by atoms with Gasteiger partial charge in [-0.3, -0.25) is 9.78 Å². The summed E-state index contributed by atoms with van der Waals surface area (Å²) in [5, 5.41) is 11.9. The van der Waals surface area contributed by atoms with Gasteiger partial charge in [0.1, 0.15) is 6.07 Å². The van der Waals surface area contributed by atoms with E-state index < -0.39 is 0 Å². The number of nitriles is 1. The molecule has 0 unspecified atom stereocenters. The van der Waals surface area contributed by atoms with Gasteiger partial charge >= 0.3 is 0 Å². The Labute approximate surface area is 129 Å². The number of amides is 1. The van der Waals surface area contributed by atoms with Crippen molar-refractivity contribution < 1.29 is 4.79 Å². The molecule has 0 bridgehead atoms. The predicted molar refractivity (Wildman–Crippen MR) is 83.4 cm³/mol. The smallest absolute Gasteiger partial charge is 0.251 e.